The third-order valence-electron chi connectivity index (χ3n) is 3.98. The molecule has 0 bridgehead atoms. The SMILES string of the molecule is Cc1cc(SC#N)cc(C)c1NC(=O)COC(=O)[C@]1(C)CC1(Cl)Cl. The van der Waals surface area contributed by atoms with E-state index in [1.807, 2.05) is 31.4 Å². The molecule has 1 aliphatic rings. The van der Waals surface area contributed by atoms with Gasteiger partial charge in [0.1, 0.15) is 15.1 Å². The fourth-order valence-electron chi connectivity index (χ4n) is 2.32. The highest BCUT2D eigenvalue weighted by Gasteiger charge is 2.69. The smallest absolute Gasteiger partial charge is 0.315 e. The van der Waals surface area contributed by atoms with Crippen LogP contribution in [0.3, 0.4) is 0 Å². The van der Waals surface area contributed by atoms with Crippen molar-refractivity contribution in [2.75, 3.05) is 11.9 Å². The molecular formula is C16H16Cl2N2O3S. The lowest BCUT2D eigenvalue weighted by molar-refractivity contribution is -0.152. The zero-order valence-corrected chi connectivity index (χ0v) is 15.7. The van der Waals surface area contributed by atoms with Crippen molar-refractivity contribution in [3.63, 3.8) is 0 Å². The van der Waals surface area contributed by atoms with Gasteiger partial charge in [-0.05, 0) is 55.8 Å². The summed E-state index contributed by atoms with van der Waals surface area (Å²) in [5.41, 5.74) is 1.32. The highest BCUT2D eigenvalue weighted by Crippen LogP contribution is 2.64. The number of anilines is 1. The molecule has 2 rings (SSSR count). The molecule has 0 unspecified atom stereocenters. The number of hydrogen-bond acceptors (Lipinski definition) is 5. The summed E-state index contributed by atoms with van der Waals surface area (Å²) in [6, 6.07) is 3.62. The summed E-state index contributed by atoms with van der Waals surface area (Å²) in [5, 5.41) is 13.5. The van der Waals surface area contributed by atoms with E-state index in [4.69, 9.17) is 33.2 Å². The number of halogens is 2. The molecule has 0 spiro atoms. The third-order valence-corrected chi connectivity index (χ3v) is 5.64. The Morgan fingerprint density at radius 1 is 1.38 bits per heavy atom. The Bertz CT molecular complexity index is 722. The number of alkyl halides is 2. The first-order chi connectivity index (χ1) is 11.1. The maximum Gasteiger partial charge on any atom is 0.315 e. The minimum absolute atomic E-state index is 0.305. The number of esters is 1. The van der Waals surface area contributed by atoms with E-state index < -0.39 is 28.2 Å². The molecule has 1 atom stereocenters. The molecule has 0 aromatic heterocycles. The Balaban J connectivity index is 1.96. The minimum Gasteiger partial charge on any atom is -0.455 e. The Kier molecular flexibility index (Phi) is 5.38. The van der Waals surface area contributed by atoms with Crippen LogP contribution in [0.15, 0.2) is 17.0 Å². The number of carbonyl (C=O) groups excluding carboxylic acids is 2. The maximum absolute atomic E-state index is 12.0. The van der Waals surface area contributed by atoms with Crippen LogP contribution in [0, 0.1) is 29.9 Å². The van der Waals surface area contributed by atoms with Gasteiger partial charge in [0.2, 0.25) is 0 Å². The normalized spacial score (nSPS) is 20.8. The topological polar surface area (TPSA) is 79.2 Å². The fourth-order valence-corrected chi connectivity index (χ4v) is 3.59. The van der Waals surface area contributed by atoms with Crippen molar-refractivity contribution in [3.05, 3.63) is 23.3 Å². The monoisotopic (exact) mass is 386 g/mol. The highest BCUT2D eigenvalue weighted by molar-refractivity contribution is 8.03. The molecule has 1 aromatic carbocycles. The Labute approximate surface area is 154 Å². The summed E-state index contributed by atoms with van der Waals surface area (Å²) in [6.45, 7) is 4.85. The maximum atomic E-state index is 12.0. The molecule has 0 heterocycles. The molecule has 1 aliphatic carbocycles. The number of thiocyanates is 1. The van der Waals surface area contributed by atoms with E-state index in [9.17, 15) is 9.59 Å². The second-order valence-electron chi connectivity index (χ2n) is 5.96. The van der Waals surface area contributed by atoms with Crippen LogP contribution in [0.5, 0.6) is 0 Å². The zero-order valence-electron chi connectivity index (χ0n) is 13.4. The molecule has 0 aliphatic heterocycles. The molecule has 24 heavy (non-hydrogen) atoms. The first-order valence-electron chi connectivity index (χ1n) is 7.13. The summed E-state index contributed by atoms with van der Waals surface area (Å²) in [6.07, 6.45) is 0.305. The van der Waals surface area contributed by atoms with Crippen molar-refractivity contribution < 1.29 is 14.3 Å². The van der Waals surface area contributed by atoms with Gasteiger partial charge in [-0.3, -0.25) is 9.59 Å². The molecule has 1 N–H and O–H groups in total. The average Bonchev–Trinajstić information content (AvgIpc) is 3.00. The number of aryl methyl sites for hydroxylation is 2. The summed E-state index contributed by atoms with van der Waals surface area (Å²) in [4.78, 5) is 24.8. The van der Waals surface area contributed by atoms with Gasteiger partial charge in [0, 0.05) is 17.0 Å². The lowest BCUT2D eigenvalue weighted by Crippen LogP contribution is -2.27. The van der Waals surface area contributed by atoms with Gasteiger partial charge in [0.05, 0.1) is 0 Å². The molecule has 0 saturated heterocycles. The van der Waals surface area contributed by atoms with Gasteiger partial charge in [-0.25, -0.2) is 0 Å². The second-order valence-corrected chi connectivity index (χ2v) is 8.31. The molecule has 1 aromatic rings. The lowest BCUT2D eigenvalue weighted by Gasteiger charge is -2.14. The van der Waals surface area contributed by atoms with Crippen molar-refractivity contribution in [2.45, 2.75) is 36.4 Å². The Morgan fingerprint density at radius 3 is 2.38 bits per heavy atom. The number of nitrogens with one attached hydrogen (secondary N) is 1. The van der Waals surface area contributed by atoms with E-state index in [0.717, 1.165) is 27.8 Å². The van der Waals surface area contributed by atoms with Crippen LogP contribution < -0.4 is 5.32 Å². The fraction of sp³-hybridized carbons (Fsp3) is 0.438. The van der Waals surface area contributed by atoms with E-state index in [2.05, 4.69) is 5.32 Å². The highest BCUT2D eigenvalue weighted by atomic mass is 35.5. The predicted octanol–water partition coefficient (Wildman–Crippen LogP) is 3.94. The average molecular weight is 387 g/mol. The Morgan fingerprint density at radius 2 is 1.92 bits per heavy atom. The van der Waals surface area contributed by atoms with E-state index in [-0.39, 0.29) is 0 Å². The largest absolute Gasteiger partial charge is 0.455 e. The van der Waals surface area contributed by atoms with Crippen LogP contribution in [0.1, 0.15) is 24.5 Å². The van der Waals surface area contributed by atoms with E-state index in [1.54, 1.807) is 6.92 Å². The first kappa shape index (κ1) is 18.9. The van der Waals surface area contributed by atoms with Crippen molar-refractivity contribution in [1.29, 1.82) is 5.26 Å². The summed E-state index contributed by atoms with van der Waals surface area (Å²) in [7, 11) is 0. The van der Waals surface area contributed by atoms with Gasteiger partial charge in [0.25, 0.3) is 5.91 Å². The number of benzene rings is 1. The van der Waals surface area contributed by atoms with Crippen LogP contribution in [0.2, 0.25) is 0 Å². The molecule has 0 radical (unpaired) electrons. The number of rotatable bonds is 5. The number of carbonyl (C=O) groups is 2. The van der Waals surface area contributed by atoms with Gasteiger partial charge < -0.3 is 10.1 Å². The molecule has 8 heteroatoms. The van der Waals surface area contributed by atoms with Crippen LogP contribution in [-0.2, 0) is 14.3 Å². The quantitative estimate of drug-likeness (QED) is 0.358. The minimum atomic E-state index is -1.12. The van der Waals surface area contributed by atoms with Crippen molar-refractivity contribution >= 4 is 52.5 Å². The van der Waals surface area contributed by atoms with Crippen molar-refractivity contribution in [1.82, 2.24) is 0 Å². The Hall–Kier alpha value is -1.42. The molecule has 5 nitrogen and oxygen atoms in total. The summed E-state index contributed by atoms with van der Waals surface area (Å²) in [5.74, 6) is -1.04. The second kappa shape index (κ2) is 6.83. The van der Waals surface area contributed by atoms with Gasteiger partial charge in [-0.1, -0.05) is 0 Å². The molecule has 1 saturated carbocycles. The van der Waals surface area contributed by atoms with Gasteiger partial charge >= 0.3 is 5.97 Å². The number of nitriles is 1. The van der Waals surface area contributed by atoms with E-state index >= 15 is 0 Å². The van der Waals surface area contributed by atoms with E-state index in [1.165, 1.54) is 0 Å². The predicted molar refractivity (Wildman–Crippen MR) is 94.1 cm³/mol. The molecule has 128 valence electrons. The third kappa shape index (κ3) is 3.80. The number of nitrogens with zero attached hydrogens (tertiary/aromatic N) is 1. The standard InChI is InChI=1S/C16H16Cl2N2O3S/c1-9-4-11(24-8-19)5-10(2)13(9)20-12(21)6-23-14(22)15(3)7-16(15,17)18/h4-5H,6-7H2,1-3H3,(H,20,21)/t15-/m0/s1. The van der Waals surface area contributed by atoms with Crippen molar-refractivity contribution in [2.24, 2.45) is 5.41 Å². The zero-order chi connectivity index (χ0) is 18.1. The van der Waals surface area contributed by atoms with Gasteiger partial charge in [0.15, 0.2) is 6.61 Å². The van der Waals surface area contributed by atoms with Crippen molar-refractivity contribution in [3.8, 4) is 5.40 Å². The van der Waals surface area contributed by atoms with Crippen LogP contribution in [0.25, 0.3) is 0 Å². The van der Waals surface area contributed by atoms with Crippen LogP contribution in [-0.4, -0.2) is 22.8 Å². The molecular weight excluding hydrogens is 371 g/mol. The number of hydrogen-bond donors (Lipinski definition) is 1. The number of ether oxygens (including phenoxy) is 1. The summed E-state index contributed by atoms with van der Waals surface area (Å²) < 4.78 is 3.89. The number of amides is 1. The molecule has 1 amide bonds. The molecule has 1 fully saturated rings. The number of thioether (sulfide) groups is 1. The van der Waals surface area contributed by atoms with Gasteiger partial charge in [-0.15, -0.1) is 23.2 Å². The van der Waals surface area contributed by atoms with E-state index in [0.29, 0.717) is 12.1 Å². The first-order valence-corrected chi connectivity index (χ1v) is 8.70. The van der Waals surface area contributed by atoms with Crippen LogP contribution in [0.4, 0.5) is 5.69 Å². The summed E-state index contributed by atoms with van der Waals surface area (Å²) >= 11 is 12.9. The van der Waals surface area contributed by atoms with Crippen LogP contribution >= 0.6 is 35.0 Å². The van der Waals surface area contributed by atoms with Gasteiger partial charge in [-0.2, -0.15) is 5.26 Å². The lowest BCUT2D eigenvalue weighted by atomic mass is 10.1.